The lowest BCUT2D eigenvalue weighted by Crippen LogP contribution is -2.13. The molecule has 0 fully saturated rings. The van der Waals surface area contributed by atoms with E-state index in [1.807, 2.05) is 6.92 Å². The molecular formula is C15H18O5. The molecule has 5 nitrogen and oxygen atoms in total. The van der Waals surface area contributed by atoms with Gasteiger partial charge in [0.2, 0.25) is 0 Å². The van der Waals surface area contributed by atoms with Gasteiger partial charge in [0.05, 0.1) is 13.7 Å². The number of carbonyl (C=O) groups is 2. The minimum atomic E-state index is -1.02. The minimum Gasteiger partial charge on any atom is -0.507 e. The number of carbonyl (C=O) groups excluding carboxylic acids is 2. The molecule has 0 radical (unpaired) electrons. The Labute approximate surface area is 117 Å². The highest BCUT2D eigenvalue weighted by atomic mass is 16.5. The first-order valence-corrected chi connectivity index (χ1v) is 6.26. The molecule has 0 aliphatic carbocycles. The number of aliphatic hydroxyl groups excluding tert-OH is 1. The molecule has 0 aliphatic rings. The van der Waals surface area contributed by atoms with Crippen molar-refractivity contribution in [3.05, 3.63) is 35.4 Å². The fourth-order valence-corrected chi connectivity index (χ4v) is 1.59. The van der Waals surface area contributed by atoms with Crippen molar-refractivity contribution in [1.82, 2.24) is 0 Å². The van der Waals surface area contributed by atoms with Crippen molar-refractivity contribution < 1.29 is 24.2 Å². The Hall–Kier alpha value is -2.30. The number of methoxy groups -OCH3 is 1. The Morgan fingerprint density at radius 2 is 2.05 bits per heavy atom. The quantitative estimate of drug-likeness (QED) is 0.374. The maximum atomic E-state index is 11.3. The van der Waals surface area contributed by atoms with E-state index in [2.05, 4.69) is 4.74 Å². The highest BCUT2D eigenvalue weighted by Gasteiger charge is 2.14. The standard InChI is InChI=1S/C15H18O5/c1-4-7-20-11-5-6-12(10(2)8-11)13(16)9-14(17)15(18)19-3/h5-6,8-9,16H,4,7H2,1-3H3/b13-9-. The Morgan fingerprint density at radius 1 is 1.35 bits per heavy atom. The van der Waals surface area contributed by atoms with Crippen LogP contribution in [0.15, 0.2) is 24.3 Å². The summed E-state index contributed by atoms with van der Waals surface area (Å²) in [6.45, 7) is 4.40. The molecule has 1 rings (SSSR count). The molecule has 0 atom stereocenters. The van der Waals surface area contributed by atoms with E-state index in [-0.39, 0.29) is 5.76 Å². The molecule has 0 unspecified atom stereocenters. The Morgan fingerprint density at radius 3 is 2.60 bits per heavy atom. The summed E-state index contributed by atoms with van der Waals surface area (Å²) in [4.78, 5) is 22.3. The van der Waals surface area contributed by atoms with Crippen molar-refractivity contribution in [1.29, 1.82) is 0 Å². The van der Waals surface area contributed by atoms with Crippen molar-refractivity contribution in [3.8, 4) is 5.75 Å². The average Bonchev–Trinajstić information content (AvgIpc) is 2.43. The largest absolute Gasteiger partial charge is 0.507 e. The van der Waals surface area contributed by atoms with Gasteiger partial charge in [-0.15, -0.1) is 0 Å². The number of rotatable bonds is 6. The van der Waals surface area contributed by atoms with E-state index in [1.165, 1.54) is 0 Å². The van der Waals surface area contributed by atoms with E-state index in [0.717, 1.165) is 25.2 Å². The SMILES string of the molecule is CCCOc1ccc(/C(O)=C/C(=O)C(=O)OC)c(C)c1. The first-order valence-electron chi connectivity index (χ1n) is 6.26. The number of esters is 1. The number of aryl methyl sites for hydroxylation is 1. The summed E-state index contributed by atoms with van der Waals surface area (Å²) >= 11 is 0. The van der Waals surface area contributed by atoms with Gasteiger partial charge in [-0.2, -0.15) is 0 Å². The Bertz CT molecular complexity index is 531. The van der Waals surface area contributed by atoms with Gasteiger partial charge < -0.3 is 14.6 Å². The third kappa shape index (κ3) is 4.12. The van der Waals surface area contributed by atoms with Gasteiger partial charge in [-0.05, 0) is 37.1 Å². The number of ether oxygens (including phenoxy) is 2. The van der Waals surface area contributed by atoms with E-state index >= 15 is 0 Å². The second kappa shape index (κ2) is 7.33. The molecule has 0 spiro atoms. The van der Waals surface area contributed by atoms with Crippen LogP contribution >= 0.6 is 0 Å². The van der Waals surface area contributed by atoms with Gasteiger partial charge in [0.1, 0.15) is 11.5 Å². The molecule has 1 aromatic carbocycles. The second-order valence-electron chi connectivity index (χ2n) is 4.21. The molecule has 0 saturated heterocycles. The zero-order valence-corrected chi connectivity index (χ0v) is 11.8. The minimum absolute atomic E-state index is 0.278. The number of hydrogen-bond acceptors (Lipinski definition) is 5. The summed E-state index contributed by atoms with van der Waals surface area (Å²) in [7, 11) is 1.11. The average molecular weight is 278 g/mol. The highest BCUT2D eigenvalue weighted by Crippen LogP contribution is 2.22. The summed E-state index contributed by atoms with van der Waals surface area (Å²) in [5, 5.41) is 9.87. The topological polar surface area (TPSA) is 72.8 Å². The first kappa shape index (κ1) is 15.8. The molecule has 0 heterocycles. The third-order valence-electron chi connectivity index (χ3n) is 2.60. The lowest BCUT2D eigenvalue weighted by Gasteiger charge is -2.09. The summed E-state index contributed by atoms with van der Waals surface area (Å²) < 4.78 is 9.74. The molecule has 0 bridgehead atoms. The number of ketones is 1. The fourth-order valence-electron chi connectivity index (χ4n) is 1.59. The zero-order valence-electron chi connectivity index (χ0n) is 11.8. The second-order valence-corrected chi connectivity index (χ2v) is 4.21. The van der Waals surface area contributed by atoms with Gasteiger partial charge in [-0.3, -0.25) is 4.79 Å². The molecule has 0 aliphatic heterocycles. The van der Waals surface area contributed by atoms with Crippen molar-refractivity contribution in [2.45, 2.75) is 20.3 Å². The predicted octanol–water partition coefficient (Wildman–Crippen LogP) is 2.42. The van der Waals surface area contributed by atoms with Crippen molar-refractivity contribution in [2.24, 2.45) is 0 Å². The van der Waals surface area contributed by atoms with Crippen LogP contribution in [0.2, 0.25) is 0 Å². The van der Waals surface area contributed by atoms with Crippen molar-refractivity contribution in [3.63, 3.8) is 0 Å². The normalized spacial score (nSPS) is 11.1. The maximum Gasteiger partial charge on any atom is 0.378 e. The van der Waals surface area contributed by atoms with Crippen LogP contribution in [0.3, 0.4) is 0 Å². The van der Waals surface area contributed by atoms with Gasteiger partial charge in [0, 0.05) is 11.6 Å². The zero-order chi connectivity index (χ0) is 15.1. The Kier molecular flexibility index (Phi) is 5.77. The van der Waals surface area contributed by atoms with Gasteiger partial charge in [0.25, 0.3) is 5.78 Å². The van der Waals surface area contributed by atoms with Crippen LogP contribution in [-0.2, 0) is 14.3 Å². The molecule has 5 heteroatoms. The van der Waals surface area contributed by atoms with Crippen LogP contribution in [0.5, 0.6) is 5.75 Å². The lowest BCUT2D eigenvalue weighted by molar-refractivity contribution is -0.149. The van der Waals surface area contributed by atoms with Gasteiger partial charge in [0.15, 0.2) is 0 Å². The molecule has 0 saturated carbocycles. The van der Waals surface area contributed by atoms with Crippen LogP contribution in [0.4, 0.5) is 0 Å². The van der Waals surface area contributed by atoms with E-state index in [9.17, 15) is 14.7 Å². The van der Waals surface area contributed by atoms with Crippen LogP contribution < -0.4 is 4.74 Å². The lowest BCUT2D eigenvalue weighted by atomic mass is 10.1. The molecule has 1 N–H and O–H groups in total. The summed E-state index contributed by atoms with van der Waals surface area (Å²) in [6.07, 6.45) is 1.75. The highest BCUT2D eigenvalue weighted by molar-refractivity contribution is 6.39. The van der Waals surface area contributed by atoms with Gasteiger partial charge >= 0.3 is 5.97 Å². The number of benzene rings is 1. The fraction of sp³-hybridized carbons (Fsp3) is 0.333. The molecule has 0 amide bonds. The first-order chi connectivity index (χ1) is 9.49. The van der Waals surface area contributed by atoms with E-state index in [4.69, 9.17) is 4.74 Å². The molecule has 0 aromatic heterocycles. The number of hydrogen-bond donors (Lipinski definition) is 1. The predicted molar refractivity (Wildman–Crippen MR) is 74.6 cm³/mol. The third-order valence-corrected chi connectivity index (χ3v) is 2.60. The van der Waals surface area contributed by atoms with E-state index < -0.39 is 11.8 Å². The summed E-state index contributed by atoms with van der Waals surface area (Å²) in [5.41, 5.74) is 1.20. The van der Waals surface area contributed by atoms with Crippen molar-refractivity contribution >= 4 is 17.5 Å². The van der Waals surface area contributed by atoms with Crippen LogP contribution in [0.25, 0.3) is 5.76 Å². The van der Waals surface area contributed by atoms with Gasteiger partial charge in [-0.25, -0.2) is 4.79 Å². The van der Waals surface area contributed by atoms with Crippen LogP contribution in [-0.4, -0.2) is 30.6 Å². The molecule has 108 valence electrons. The maximum absolute atomic E-state index is 11.3. The molecule has 1 aromatic rings. The van der Waals surface area contributed by atoms with E-state index in [0.29, 0.717) is 17.9 Å². The number of aliphatic hydroxyl groups is 1. The smallest absolute Gasteiger partial charge is 0.378 e. The summed E-state index contributed by atoms with van der Waals surface area (Å²) in [5.74, 6) is -1.51. The van der Waals surface area contributed by atoms with Crippen LogP contribution in [0, 0.1) is 6.92 Å². The summed E-state index contributed by atoms with van der Waals surface area (Å²) in [6, 6.07) is 5.10. The van der Waals surface area contributed by atoms with Crippen molar-refractivity contribution in [2.75, 3.05) is 13.7 Å². The molecular weight excluding hydrogens is 260 g/mol. The van der Waals surface area contributed by atoms with Crippen LogP contribution in [0.1, 0.15) is 24.5 Å². The monoisotopic (exact) mass is 278 g/mol. The van der Waals surface area contributed by atoms with E-state index in [1.54, 1.807) is 25.1 Å². The molecule has 20 heavy (non-hydrogen) atoms. The Balaban J connectivity index is 2.94. The van der Waals surface area contributed by atoms with Gasteiger partial charge in [-0.1, -0.05) is 6.92 Å².